The Morgan fingerprint density at radius 3 is 2.37 bits per heavy atom. The summed E-state index contributed by atoms with van der Waals surface area (Å²) in [6, 6.07) is 0. The van der Waals surface area contributed by atoms with Gasteiger partial charge in [0.05, 0.1) is 0 Å². The summed E-state index contributed by atoms with van der Waals surface area (Å²) in [6.45, 7) is 7.90. The predicted octanol–water partition coefficient (Wildman–Crippen LogP) is 5.02. The molecule has 0 bridgehead atoms. The third-order valence-electron chi connectivity index (χ3n) is 8.74. The maximum Gasteiger partial charge on any atom is 0.307 e. The van der Waals surface area contributed by atoms with E-state index in [1.807, 2.05) is 0 Å². The SMILES string of the molecule is CC(=O)OC1=CC2CC[C@H]3[C@@H]4CC[C@H](OC(C)=O)[C@@]4(C)CC[C@@H]3[C@@]2(C)CC1. The molecule has 0 aromatic heterocycles. The van der Waals surface area contributed by atoms with E-state index in [2.05, 4.69) is 19.9 Å². The molecule has 4 aliphatic rings. The molecule has 27 heavy (non-hydrogen) atoms. The van der Waals surface area contributed by atoms with Crippen molar-refractivity contribution in [3.05, 3.63) is 11.8 Å². The zero-order valence-electron chi connectivity index (χ0n) is 17.3. The molecule has 7 atom stereocenters. The molecule has 0 aromatic carbocycles. The minimum absolute atomic E-state index is 0.105. The molecule has 0 aliphatic heterocycles. The quantitative estimate of drug-likeness (QED) is 0.637. The van der Waals surface area contributed by atoms with Gasteiger partial charge in [-0.05, 0) is 80.1 Å². The lowest BCUT2D eigenvalue weighted by atomic mass is 9.46. The summed E-state index contributed by atoms with van der Waals surface area (Å²) >= 11 is 0. The van der Waals surface area contributed by atoms with Crippen LogP contribution in [0.5, 0.6) is 0 Å². The molecule has 3 fully saturated rings. The molecule has 0 saturated heterocycles. The fraction of sp³-hybridized carbons (Fsp3) is 0.826. The first-order valence-corrected chi connectivity index (χ1v) is 10.8. The van der Waals surface area contributed by atoms with Gasteiger partial charge in [0.15, 0.2) is 0 Å². The average Bonchev–Trinajstić information content (AvgIpc) is 2.91. The molecular weight excluding hydrogens is 340 g/mol. The van der Waals surface area contributed by atoms with Gasteiger partial charge in [0.2, 0.25) is 0 Å². The molecule has 1 unspecified atom stereocenters. The van der Waals surface area contributed by atoms with Crippen molar-refractivity contribution < 1.29 is 19.1 Å². The lowest BCUT2D eigenvalue weighted by Gasteiger charge is -2.59. The summed E-state index contributed by atoms with van der Waals surface area (Å²) in [7, 11) is 0. The van der Waals surface area contributed by atoms with E-state index < -0.39 is 0 Å². The van der Waals surface area contributed by atoms with E-state index in [4.69, 9.17) is 9.47 Å². The molecule has 150 valence electrons. The molecule has 0 heterocycles. The van der Waals surface area contributed by atoms with E-state index in [9.17, 15) is 9.59 Å². The number of hydrogen-bond acceptors (Lipinski definition) is 4. The molecular formula is C23H34O4. The minimum atomic E-state index is -0.200. The van der Waals surface area contributed by atoms with Gasteiger partial charge in [-0.3, -0.25) is 9.59 Å². The zero-order valence-corrected chi connectivity index (χ0v) is 17.3. The Bertz CT molecular complexity index is 667. The molecule has 0 amide bonds. The Kier molecular flexibility index (Phi) is 4.67. The standard InChI is InChI=1S/C23H34O4/c1-14(24)26-17-9-11-22(3)16(13-17)5-6-18-19-7-8-21(27-15(2)25)23(19,4)12-10-20(18)22/h13,16,18-21H,5-12H2,1-4H3/t16?,18-,19-,20-,21-,22-,23-/m0/s1. The van der Waals surface area contributed by atoms with E-state index in [1.165, 1.54) is 39.0 Å². The second kappa shape index (κ2) is 6.63. The van der Waals surface area contributed by atoms with Crippen LogP contribution in [0, 0.1) is 34.5 Å². The molecule has 4 heteroatoms. The zero-order chi connectivity index (χ0) is 19.4. The molecule has 0 N–H and O–H groups in total. The number of carbonyl (C=O) groups is 2. The van der Waals surface area contributed by atoms with Crippen molar-refractivity contribution in [3.8, 4) is 0 Å². The van der Waals surface area contributed by atoms with Crippen molar-refractivity contribution in [1.82, 2.24) is 0 Å². The Labute approximate surface area is 163 Å². The summed E-state index contributed by atoms with van der Waals surface area (Å²) in [5.74, 6) is 3.24. The van der Waals surface area contributed by atoms with Gasteiger partial charge in [-0.15, -0.1) is 0 Å². The lowest BCUT2D eigenvalue weighted by molar-refractivity contribution is -0.159. The molecule has 3 saturated carbocycles. The van der Waals surface area contributed by atoms with E-state index in [0.29, 0.717) is 17.3 Å². The first-order valence-electron chi connectivity index (χ1n) is 10.8. The van der Waals surface area contributed by atoms with E-state index in [1.54, 1.807) is 6.92 Å². The van der Waals surface area contributed by atoms with Gasteiger partial charge in [0.25, 0.3) is 0 Å². The van der Waals surface area contributed by atoms with Gasteiger partial charge in [-0.25, -0.2) is 0 Å². The van der Waals surface area contributed by atoms with Crippen LogP contribution in [0.25, 0.3) is 0 Å². The first-order chi connectivity index (χ1) is 12.7. The minimum Gasteiger partial charge on any atom is -0.462 e. The number of esters is 2. The molecule has 4 nitrogen and oxygen atoms in total. The maximum atomic E-state index is 11.6. The summed E-state index contributed by atoms with van der Waals surface area (Å²) < 4.78 is 11.2. The summed E-state index contributed by atoms with van der Waals surface area (Å²) in [6.07, 6.45) is 11.4. The van der Waals surface area contributed by atoms with Gasteiger partial charge < -0.3 is 9.47 Å². The number of allylic oxidation sites excluding steroid dienone is 2. The second-order valence-electron chi connectivity index (χ2n) is 10.0. The van der Waals surface area contributed by atoms with E-state index >= 15 is 0 Å². The molecule has 0 radical (unpaired) electrons. The monoisotopic (exact) mass is 374 g/mol. The van der Waals surface area contributed by atoms with Crippen molar-refractivity contribution in [2.75, 3.05) is 0 Å². The highest BCUT2D eigenvalue weighted by Crippen LogP contribution is 2.66. The van der Waals surface area contributed by atoms with Crippen LogP contribution in [0.1, 0.15) is 79.1 Å². The number of ether oxygens (including phenoxy) is 2. The van der Waals surface area contributed by atoms with Gasteiger partial charge in [0.1, 0.15) is 11.9 Å². The van der Waals surface area contributed by atoms with Crippen LogP contribution in [0.15, 0.2) is 11.8 Å². The Hall–Kier alpha value is -1.32. The number of carbonyl (C=O) groups excluding carboxylic acids is 2. The van der Waals surface area contributed by atoms with Gasteiger partial charge in [0, 0.05) is 25.7 Å². The third-order valence-corrected chi connectivity index (χ3v) is 8.74. The second-order valence-corrected chi connectivity index (χ2v) is 10.0. The number of rotatable bonds is 2. The van der Waals surface area contributed by atoms with E-state index in [0.717, 1.165) is 36.9 Å². The summed E-state index contributed by atoms with van der Waals surface area (Å²) in [5, 5.41) is 0. The fourth-order valence-corrected chi connectivity index (χ4v) is 7.45. The first kappa shape index (κ1) is 19.0. The Morgan fingerprint density at radius 1 is 0.926 bits per heavy atom. The highest BCUT2D eigenvalue weighted by Gasteiger charge is 2.60. The van der Waals surface area contributed by atoms with Crippen LogP contribution in [0.2, 0.25) is 0 Å². The van der Waals surface area contributed by atoms with Gasteiger partial charge >= 0.3 is 11.9 Å². The molecule has 4 aliphatic carbocycles. The fourth-order valence-electron chi connectivity index (χ4n) is 7.45. The molecule has 0 spiro atoms. The highest BCUT2D eigenvalue weighted by atomic mass is 16.5. The third kappa shape index (κ3) is 3.03. The average molecular weight is 375 g/mol. The topological polar surface area (TPSA) is 52.6 Å². The van der Waals surface area contributed by atoms with E-state index in [-0.39, 0.29) is 23.5 Å². The maximum absolute atomic E-state index is 11.6. The van der Waals surface area contributed by atoms with Crippen molar-refractivity contribution in [3.63, 3.8) is 0 Å². The van der Waals surface area contributed by atoms with Crippen LogP contribution in [-0.4, -0.2) is 18.0 Å². The Balaban J connectivity index is 1.55. The highest BCUT2D eigenvalue weighted by molar-refractivity contribution is 5.67. The van der Waals surface area contributed by atoms with Gasteiger partial charge in [-0.1, -0.05) is 13.8 Å². The normalized spacial score (nSPS) is 45.8. The van der Waals surface area contributed by atoms with Crippen LogP contribution < -0.4 is 0 Å². The van der Waals surface area contributed by atoms with Crippen LogP contribution in [0.4, 0.5) is 0 Å². The predicted molar refractivity (Wildman–Crippen MR) is 103 cm³/mol. The lowest BCUT2D eigenvalue weighted by Crippen LogP contribution is -2.53. The van der Waals surface area contributed by atoms with Crippen molar-refractivity contribution in [2.24, 2.45) is 34.5 Å². The molecule has 4 rings (SSSR count). The van der Waals surface area contributed by atoms with Crippen LogP contribution >= 0.6 is 0 Å². The number of fused-ring (bicyclic) bond motifs is 5. The van der Waals surface area contributed by atoms with Crippen molar-refractivity contribution in [1.29, 1.82) is 0 Å². The molecule has 0 aromatic rings. The Morgan fingerprint density at radius 2 is 1.67 bits per heavy atom. The van der Waals surface area contributed by atoms with Crippen LogP contribution in [-0.2, 0) is 19.1 Å². The van der Waals surface area contributed by atoms with Crippen molar-refractivity contribution in [2.45, 2.75) is 85.2 Å². The summed E-state index contributed by atoms with van der Waals surface area (Å²) in [5.41, 5.74) is 0.469. The smallest absolute Gasteiger partial charge is 0.307 e. The largest absolute Gasteiger partial charge is 0.462 e. The summed E-state index contributed by atoms with van der Waals surface area (Å²) in [4.78, 5) is 22.9. The number of hydrogen-bond donors (Lipinski definition) is 0. The van der Waals surface area contributed by atoms with Crippen LogP contribution in [0.3, 0.4) is 0 Å². The van der Waals surface area contributed by atoms with Gasteiger partial charge in [-0.2, -0.15) is 0 Å². The van der Waals surface area contributed by atoms with Crippen molar-refractivity contribution >= 4 is 11.9 Å².